The average Bonchev–Trinajstić information content (AvgIpc) is 2.79. The van der Waals surface area contributed by atoms with Crippen molar-refractivity contribution < 1.29 is 4.74 Å². The number of thiophene rings is 1. The van der Waals surface area contributed by atoms with E-state index in [-0.39, 0.29) is 6.10 Å². The molecule has 1 aliphatic carbocycles. The maximum atomic E-state index is 6.26. The van der Waals surface area contributed by atoms with Crippen LogP contribution in [0.4, 0.5) is 0 Å². The molecule has 1 saturated carbocycles. The van der Waals surface area contributed by atoms with Crippen molar-refractivity contribution in [2.45, 2.75) is 43.8 Å². The molecule has 2 heterocycles. The average molecular weight is 237 g/mol. The second-order valence-electron chi connectivity index (χ2n) is 4.85. The molecule has 16 heavy (non-hydrogen) atoms. The number of ether oxygens (including phenoxy) is 1. The summed E-state index contributed by atoms with van der Waals surface area (Å²) in [6.07, 6.45) is 6.06. The maximum Gasteiger partial charge on any atom is 0.0963 e. The first-order valence-electron chi connectivity index (χ1n) is 6.27. The maximum absolute atomic E-state index is 6.26. The zero-order valence-electron chi connectivity index (χ0n) is 9.74. The molecule has 1 N–H and O–H groups in total. The molecule has 0 bridgehead atoms. The molecule has 0 amide bonds. The molecule has 0 spiro atoms. The first kappa shape index (κ1) is 10.8. The molecule has 1 aromatic heterocycles. The Morgan fingerprint density at radius 1 is 1.44 bits per heavy atom. The van der Waals surface area contributed by atoms with Crippen LogP contribution in [0, 0.1) is 0 Å². The van der Waals surface area contributed by atoms with Crippen molar-refractivity contribution in [3.05, 3.63) is 21.9 Å². The summed E-state index contributed by atoms with van der Waals surface area (Å²) in [5.41, 5.74) is 1.45. The fourth-order valence-electron chi connectivity index (χ4n) is 3.09. The Balaban J connectivity index is 1.92. The van der Waals surface area contributed by atoms with Gasteiger partial charge in [0.15, 0.2) is 0 Å². The second-order valence-corrected chi connectivity index (χ2v) is 5.80. The van der Waals surface area contributed by atoms with Gasteiger partial charge in [-0.05, 0) is 36.9 Å². The van der Waals surface area contributed by atoms with Crippen LogP contribution in [0.3, 0.4) is 0 Å². The van der Waals surface area contributed by atoms with Crippen LogP contribution < -0.4 is 5.32 Å². The standard InChI is InChI=1S/C13H19NOS/c1-14-8-12-10-6-7-16-13(10)9-4-2-3-5-11(9)15-12/h6-7,9,11-12,14H,2-5,8H2,1H3/t9-,11+,12-/m1/s1. The Hall–Kier alpha value is -0.380. The van der Waals surface area contributed by atoms with Crippen molar-refractivity contribution in [3.8, 4) is 0 Å². The monoisotopic (exact) mass is 237 g/mol. The zero-order chi connectivity index (χ0) is 11.0. The van der Waals surface area contributed by atoms with Gasteiger partial charge in [-0.2, -0.15) is 0 Å². The summed E-state index contributed by atoms with van der Waals surface area (Å²) in [7, 11) is 2.00. The molecule has 0 aromatic carbocycles. The Labute approximate surface area is 101 Å². The van der Waals surface area contributed by atoms with Gasteiger partial charge in [-0.1, -0.05) is 12.8 Å². The first-order chi connectivity index (χ1) is 7.90. The second kappa shape index (κ2) is 4.47. The quantitative estimate of drug-likeness (QED) is 0.853. The molecule has 0 unspecified atom stereocenters. The molecule has 1 aromatic rings. The fourth-order valence-corrected chi connectivity index (χ4v) is 4.23. The molecule has 3 atom stereocenters. The number of likely N-dealkylation sites (N-methyl/N-ethyl adjacent to an activating group) is 1. The zero-order valence-corrected chi connectivity index (χ0v) is 10.6. The number of nitrogens with one attached hydrogen (secondary N) is 1. The minimum absolute atomic E-state index is 0.283. The van der Waals surface area contributed by atoms with Crippen molar-refractivity contribution in [2.24, 2.45) is 0 Å². The number of rotatable bonds is 2. The van der Waals surface area contributed by atoms with E-state index in [0.29, 0.717) is 12.0 Å². The Kier molecular flexibility index (Phi) is 3.01. The van der Waals surface area contributed by atoms with Crippen LogP contribution in [0.1, 0.15) is 48.1 Å². The molecular weight excluding hydrogens is 218 g/mol. The molecule has 0 saturated heterocycles. The summed E-state index contributed by atoms with van der Waals surface area (Å²) in [6, 6.07) is 2.26. The largest absolute Gasteiger partial charge is 0.368 e. The van der Waals surface area contributed by atoms with Crippen LogP contribution in [0.25, 0.3) is 0 Å². The van der Waals surface area contributed by atoms with E-state index < -0.39 is 0 Å². The van der Waals surface area contributed by atoms with Gasteiger partial charge in [0.1, 0.15) is 0 Å². The molecule has 1 aliphatic heterocycles. The first-order valence-corrected chi connectivity index (χ1v) is 7.15. The highest BCUT2D eigenvalue weighted by Crippen LogP contribution is 2.46. The predicted molar refractivity (Wildman–Crippen MR) is 67.1 cm³/mol. The van der Waals surface area contributed by atoms with Gasteiger partial charge in [0.25, 0.3) is 0 Å². The van der Waals surface area contributed by atoms with Gasteiger partial charge in [0.2, 0.25) is 0 Å². The Morgan fingerprint density at radius 2 is 2.31 bits per heavy atom. The van der Waals surface area contributed by atoms with E-state index in [1.54, 1.807) is 4.88 Å². The lowest BCUT2D eigenvalue weighted by molar-refractivity contribution is -0.0541. The number of hydrogen-bond acceptors (Lipinski definition) is 3. The third kappa shape index (κ3) is 1.71. The molecule has 3 heteroatoms. The predicted octanol–water partition coefficient (Wildman–Crippen LogP) is 3.07. The highest BCUT2D eigenvalue weighted by molar-refractivity contribution is 7.10. The van der Waals surface area contributed by atoms with E-state index in [1.807, 2.05) is 18.4 Å². The lowest BCUT2D eigenvalue weighted by atomic mass is 9.81. The van der Waals surface area contributed by atoms with E-state index in [2.05, 4.69) is 16.8 Å². The number of hydrogen-bond donors (Lipinski definition) is 1. The molecule has 2 aliphatic rings. The van der Waals surface area contributed by atoms with Crippen LogP contribution >= 0.6 is 11.3 Å². The van der Waals surface area contributed by atoms with Gasteiger partial charge in [0.05, 0.1) is 12.2 Å². The highest BCUT2D eigenvalue weighted by atomic mass is 32.1. The van der Waals surface area contributed by atoms with Crippen LogP contribution in [0.5, 0.6) is 0 Å². The summed E-state index contributed by atoms with van der Waals surface area (Å²) in [5.74, 6) is 0.692. The molecule has 0 radical (unpaired) electrons. The van der Waals surface area contributed by atoms with Gasteiger partial charge in [-0.3, -0.25) is 0 Å². The van der Waals surface area contributed by atoms with Crippen LogP contribution in [0.15, 0.2) is 11.4 Å². The minimum Gasteiger partial charge on any atom is -0.368 e. The van der Waals surface area contributed by atoms with Crippen molar-refractivity contribution in [2.75, 3.05) is 13.6 Å². The summed E-state index contributed by atoms with van der Waals surface area (Å²) in [5, 5.41) is 5.47. The normalized spacial score (nSPS) is 33.2. The topological polar surface area (TPSA) is 21.3 Å². The van der Waals surface area contributed by atoms with E-state index in [0.717, 1.165) is 6.54 Å². The lowest BCUT2D eigenvalue weighted by Gasteiger charge is -2.39. The van der Waals surface area contributed by atoms with E-state index >= 15 is 0 Å². The highest BCUT2D eigenvalue weighted by Gasteiger charge is 2.37. The van der Waals surface area contributed by atoms with E-state index in [4.69, 9.17) is 4.74 Å². The van der Waals surface area contributed by atoms with Gasteiger partial charge < -0.3 is 10.1 Å². The molecule has 88 valence electrons. The third-order valence-corrected chi connectivity index (χ3v) is 4.91. The van der Waals surface area contributed by atoms with Crippen LogP contribution in [-0.4, -0.2) is 19.7 Å². The summed E-state index contributed by atoms with van der Waals surface area (Å²) < 4.78 is 6.26. The van der Waals surface area contributed by atoms with E-state index in [1.165, 1.54) is 31.2 Å². The summed E-state index contributed by atoms with van der Waals surface area (Å²) >= 11 is 1.93. The fraction of sp³-hybridized carbons (Fsp3) is 0.692. The molecular formula is C13H19NOS. The van der Waals surface area contributed by atoms with Crippen molar-refractivity contribution in [3.63, 3.8) is 0 Å². The van der Waals surface area contributed by atoms with Crippen molar-refractivity contribution in [1.29, 1.82) is 0 Å². The minimum atomic E-state index is 0.283. The Bertz CT molecular complexity index is 363. The van der Waals surface area contributed by atoms with Gasteiger partial charge in [-0.15, -0.1) is 11.3 Å². The van der Waals surface area contributed by atoms with Gasteiger partial charge in [0, 0.05) is 17.3 Å². The lowest BCUT2D eigenvalue weighted by Crippen LogP contribution is -2.35. The van der Waals surface area contributed by atoms with Gasteiger partial charge >= 0.3 is 0 Å². The summed E-state index contributed by atoms with van der Waals surface area (Å²) in [4.78, 5) is 1.61. The van der Waals surface area contributed by atoms with Gasteiger partial charge in [-0.25, -0.2) is 0 Å². The third-order valence-electron chi connectivity index (χ3n) is 3.84. The van der Waals surface area contributed by atoms with Crippen molar-refractivity contribution in [1.82, 2.24) is 5.32 Å². The van der Waals surface area contributed by atoms with Crippen LogP contribution in [0.2, 0.25) is 0 Å². The van der Waals surface area contributed by atoms with Crippen LogP contribution in [-0.2, 0) is 4.74 Å². The molecule has 2 nitrogen and oxygen atoms in total. The molecule has 3 rings (SSSR count). The molecule has 1 fully saturated rings. The number of fused-ring (bicyclic) bond motifs is 3. The summed E-state index contributed by atoms with van der Waals surface area (Å²) in [6.45, 7) is 0.937. The van der Waals surface area contributed by atoms with E-state index in [9.17, 15) is 0 Å². The smallest absolute Gasteiger partial charge is 0.0963 e. The Morgan fingerprint density at radius 3 is 3.19 bits per heavy atom. The SMILES string of the molecule is CNC[C@H]1O[C@H]2CCCC[C@H]2c2sccc21. The van der Waals surface area contributed by atoms with Crippen molar-refractivity contribution >= 4 is 11.3 Å².